The summed E-state index contributed by atoms with van der Waals surface area (Å²) in [7, 11) is 0. The van der Waals surface area contributed by atoms with E-state index in [1.165, 1.54) is 0 Å². The Morgan fingerprint density at radius 1 is 1.00 bits per heavy atom. The van der Waals surface area contributed by atoms with Gasteiger partial charge in [-0.3, -0.25) is 0 Å². The predicted octanol–water partition coefficient (Wildman–Crippen LogP) is 4.48. The molecular formula is C18H22N4O2. The van der Waals surface area contributed by atoms with Gasteiger partial charge in [0.05, 0.1) is 0 Å². The van der Waals surface area contributed by atoms with E-state index < -0.39 is 5.66 Å². The quantitative estimate of drug-likeness (QED) is 0.552. The van der Waals surface area contributed by atoms with Crippen LogP contribution in [0.2, 0.25) is 0 Å². The molecular weight excluding hydrogens is 304 g/mol. The molecule has 0 aliphatic carbocycles. The van der Waals surface area contributed by atoms with E-state index in [-0.39, 0.29) is 12.0 Å². The van der Waals surface area contributed by atoms with Gasteiger partial charge in [-0.15, -0.1) is 9.81 Å². The Morgan fingerprint density at radius 2 is 1.58 bits per heavy atom. The van der Waals surface area contributed by atoms with Crippen LogP contribution in [-0.4, -0.2) is 6.04 Å². The van der Waals surface area contributed by atoms with Gasteiger partial charge >= 0.3 is 0 Å². The predicted molar refractivity (Wildman–Crippen MR) is 97.4 cm³/mol. The van der Waals surface area contributed by atoms with Gasteiger partial charge in [0.15, 0.2) is 0 Å². The molecule has 3 N–H and O–H groups in total. The summed E-state index contributed by atoms with van der Waals surface area (Å²) in [6.07, 6.45) is 0.552. The van der Waals surface area contributed by atoms with Crippen LogP contribution in [0.1, 0.15) is 25.8 Å². The van der Waals surface area contributed by atoms with E-state index >= 15 is 0 Å². The summed E-state index contributed by atoms with van der Waals surface area (Å²) in [5.74, 6) is -0.355. The first-order valence-corrected chi connectivity index (χ1v) is 7.88. The number of nitrogen functional groups attached to an aromatic ring is 1. The van der Waals surface area contributed by atoms with E-state index in [0.717, 1.165) is 5.69 Å². The van der Waals surface area contributed by atoms with Crippen LogP contribution in [0.5, 0.6) is 0 Å². The Hall–Kier alpha value is -2.76. The summed E-state index contributed by atoms with van der Waals surface area (Å²) < 4.78 is 0. The van der Waals surface area contributed by atoms with Crippen LogP contribution in [0.25, 0.3) is 0 Å². The molecule has 0 amide bonds. The van der Waals surface area contributed by atoms with Gasteiger partial charge in [-0.1, -0.05) is 37.3 Å². The molecule has 24 heavy (non-hydrogen) atoms. The highest BCUT2D eigenvalue weighted by atomic mass is 16.3. The van der Waals surface area contributed by atoms with Crippen molar-refractivity contribution in [2.75, 3.05) is 11.1 Å². The van der Waals surface area contributed by atoms with Gasteiger partial charge in [0.1, 0.15) is 0 Å². The van der Waals surface area contributed by atoms with E-state index in [4.69, 9.17) is 5.73 Å². The maximum Gasteiger partial charge on any atom is 0.259 e. The Kier molecular flexibility index (Phi) is 5.63. The van der Waals surface area contributed by atoms with E-state index in [1.54, 1.807) is 24.3 Å². The van der Waals surface area contributed by atoms with Crippen molar-refractivity contribution in [3.63, 3.8) is 0 Å². The number of nitroso groups, excluding NO2 is 2. The average molecular weight is 326 g/mol. The summed E-state index contributed by atoms with van der Waals surface area (Å²) in [4.78, 5) is 23.0. The van der Waals surface area contributed by atoms with Crippen LogP contribution in [0.3, 0.4) is 0 Å². The lowest BCUT2D eigenvalue weighted by atomic mass is 9.84. The zero-order chi connectivity index (χ0) is 17.6. The molecule has 0 fully saturated rings. The fourth-order valence-electron chi connectivity index (χ4n) is 2.89. The van der Waals surface area contributed by atoms with Crippen molar-refractivity contribution in [3.8, 4) is 0 Å². The standard InChI is InChI=1S/C18H22N4O2/c1-13(12-14(2)20-17-10-8-16(19)9-11-17)18(21-23,22-24)15-6-4-3-5-7-15/h3-11,13-14,20H,12,19H2,1-2H3. The fourth-order valence-corrected chi connectivity index (χ4v) is 2.89. The molecule has 6 heteroatoms. The maximum absolute atomic E-state index is 11.5. The van der Waals surface area contributed by atoms with Gasteiger partial charge in [0, 0.05) is 28.9 Å². The highest BCUT2D eigenvalue weighted by Gasteiger charge is 2.42. The number of hydrogen-bond donors (Lipinski definition) is 2. The zero-order valence-corrected chi connectivity index (χ0v) is 13.8. The highest BCUT2D eigenvalue weighted by molar-refractivity contribution is 5.51. The minimum Gasteiger partial charge on any atom is -0.399 e. The largest absolute Gasteiger partial charge is 0.399 e. The van der Waals surface area contributed by atoms with Gasteiger partial charge < -0.3 is 11.1 Å². The number of nitrogens with one attached hydrogen (secondary N) is 1. The second-order valence-corrected chi connectivity index (χ2v) is 6.08. The van der Waals surface area contributed by atoms with Crippen LogP contribution in [0, 0.1) is 15.7 Å². The zero-order valence-electron chi connectivity index (χ0n) is 13.8. The topological polar surface area (TPSA) is 96.9 Å². The van der Waals surface area contributed by atoms with Crippen LogP contribution >= 0.6 is 0 Å². The van der Waals surface area contributed by atoms with Crippen LogP contribution in [0.4, 0.5) is 11.4 Å². The van der Waals surface area contributed by atoms with Gasteiger partial charge in [0.2, 0.25) is 0 Å². The van der Waals surface area contributed by atoms with Crippen LogP contribution in [-0.2, 0) is 5.66 Å². The second-order valence-electron chi connectivity index (χ2n) is 6.08. The molecule has 126 valence electrons. The summed E-state index contributed by atoms with van der Waals surface area (Å²) in [5, 5.41) is 9.54. The molecule has 2 unspecified atom stereocenters. The number of nitrogens with zero attached hydrogens (tertiary/aromatic N) is 2. The van der Waals surface area contributed by atoms with E-state index in [2.05, 4.69) is 15.7 Å². The van der Waals surface area contributed by atoms with Crippen molar-refractivity contribution >= 4 is 11.4 Å². The van der Waals surface area contributed by atoms with Crippen LogP contribution in [0.15, 0.2) is 65.0 Å². The summed E-state index contributed by atoms with van der Waals surface area (Å²) >= 11 is 0. The SMILES string of the molecule is CC(CC(C)C(N=O)(N=O)c1ccccc1)Nc1ccc(N)cc1. The highest BCUT2D eigenvalue weighted by Crippen LogP contribution is 2.38. The molecule has 0 saturated heterocycles. The third kappa shape index (κ3) is 3.76. The Bertz CT molecular complexity index is 665. The molecule has 0 heterocycles. The molecule has 6 nitrogen and oxygen atoms in total. The second kappa shape index (κ2) is 7.68. The molecule has 2 rings (SSSR count). The lowest BCUT2D eigenvalue weighted by molar-refractivity contribution is 0.280. The molecule has 0 bridgehead atoms. The molecule has 0 aromatic heterocycles. The number of benzene rings is 2. The number of nitrogens with two attached hydrogens (primary N) is 1. The first kappa shape index (κ1) is 17.6. The summed E-state index contributed by atoms with van der Waals surface area (Å²) in [6, 6.07) is 16.2. The van der Waals surface area contributed by atoms with Crippen molar-refractivity contribution in [2.24, 2.45) is 16.3 Å². The molecule has 0 saturated carbocycles. The van der Waals surface area contributed by atoms with E-state index in [1.807, 2.05) is 44.2 Å². The molecule has 0 spiro atoms. The normalized spacial score (nSPS) is 13.8. The average Bonchev–Trinajstić information content (AvgIpc) is 2.59. The first-order chi connectivity index (χ1) is 11.5. The van der Waals surface area contributed by atoms with Crippen molar-refractivity contribution < 1.29 is 0 Å². The molecule has 0 aliphatic heterocycles. The van der Waals surface area contributed by atoms with Crippen molar-refractivity contribution in [1.29, 1.82) is 0 Å². The lowest BCUT2D eigenvalue weighted by Gasteiger charge is -2.28. The van der Waals surface area contributed by atoms with Crippen LogP contribution < -0.4 is 11.1 Å². The van der Waals surface area contributed by atoms with Crippen molar-refractivity contribution in [1.82, 2.24) is 0 Å². The van der Waals surface area contributed by atoms with Gasteiger partial charge in [-0.25, -0.2) is 0 Å². The summed E-state index contributed by atoms with van der Waals surface area (Å²) in [6.45, 7) is 3.80. The fraction of sp³-hybridized carbons (Fsp3) is 0.333. The Labute approximate surface area is 141 Å². The van der Waals surface area contributed by atoms with Gasteiger partial charge in [0.25, 0.3) is 5.66 Å². The minimum atomic E-state index is -1.61. The number of rotatable bonds is 8. The monoisotopic (exact) mass is 326 g/mol. The number of anilines is 2. The Balaban J connectivity index is 2.13. The summed E-state index contributed by atoms with van der Waals surface area (Å²) in [5.41, 5.74) is 6.19. The smallest absolute Gasteiger partial charge is 0.259 e. The van der Waals surface area contributed by atoms with E-state index in [0.29, 0.717) is 17.7 Å². The minimum absolute atomic E-state index is 0.0233. The third-order valence-electron chi connectivity index (χ3n) is 4.20. The lowest BCUT2D eigenvalue weighted by Crippen LogP contribution is -2.32. The van der Waals surface area contributed by atoms with E-state index in [9.17, 15) is 9.81 Å². The molecule has 2 aromatic rings. The molecule has 2 aromatic carbocycles. The first-order valence-electron chi connectivity index (χ1n) is 7.88. The third-order valence-corrected chi connectivity index (χ3v) is 4.20. The van der Waals surface area contributed by atoms with Gasteiger partial charge in [-0.05, 0) is 48.0 Å². The molecule has 2 atom stereocenters. The molecule has 0 radical (unpaired) electrons. The molecule has 0 aliphatic rings. The Morgan fingerprint density at radius 3 is 2.12 bits per heavy atom. The number of hydrogen-bond acceptors (Lipinski definition) is 6. The van der Waals surface area contributed by atoms with Crippen molar-refractivity contribution in [3.05, 3.63) is 70.0 Å². The van der Waals surface area contributed by atoms with Gasteiger partial charge in [-0.2, -0.15) is 0 Å². The maximum atomic E-state index is 11.5. The van der Waals surface area contributed by atoms with Crippen molar-refractivity contribution in [2.45, 2.75) is 32.0 Å².